The van der Waals surface area contributed by atoms with E-state index in [1.54, 1.807) is 30.3 Å². The predicted octanol–water partition coefficient (Wildman–Crippen LogP) is 3.93. The zero-order valence-electron chi connectivity index (χ0n) is 16.5. The van der Waals surface area contributed by atoms with Crippen LogP contribution < -0.4 is 10.6 Å². The van der Waals surface area contributed by atoms with E-state index >= 15 is 0 Å². The Labute approximate surface area is 178 Å². The van der Waals surface area contributed by atoms with Gasteiger partial charge in [0.25, 0.3) is 0 Å². The lowest BCUT2D eigenvalue weighted by Crippen LogP contribution is -2.44. The van der Waals surface area contributed by atoms with Crippen LogP contribution in [0.1, 0.15) is 26.3 Å². The molecule has 1 atom stereocenters. The van der Waals surface area contributed by atoms with Gasteiger partial charge in [-0.15, -0.1) is 0 Å². The van der Waals surface area contributed by atoms with Crippen LogP contribution in [0.15, 0.2) is 90.6 Å². The van der Waals surface area contributed by atoms with Gasteiger partial charge in [0, 0.05) is 23.6 Å². The Morgan fingerprint density at radius 3 is 2.23 bits per heavy atom. The molecule has 3 aromatic carbocycles. The first-order valence-corrected chi connectivity index (χ1v) is 9.78. The fourth-order valence-corrected chi connectivity index (χ4v) is 3.45. The highest BCUT2D eigenvalue weighted by molar-refractivity contribution is 6.24. The van der Waals surface area contributed by atoms with Crippen molar-refractivity contribution in [3.05, 3.63) is 113 Å². The third-order valence-electron chi connectivity index (χ3n) is 5.02. The molecule has 5 nitrogen and oxygen atoms in total. The number of carbonyl (C=O) groups is 3. The molecule has 0 radical (unpaired) electrons. The normalized spacial score (nSPS) is 13.8. The van der Waals surface area contributed by atoms with E-state index in [1.165, 1.54) is 24.3 Å². The van der Waals surface area contributed by atoms with Gasteiger partial charge in [-0.05, 0) is 17.7 Å². The second-order valence-corrected chi connectivity index (χ2v) is 7.15. The first kappa shape index (κ1) is 20.2. The second kappa shape index (κ2) is 8.75. The van der Waals surface area contributed by atoms with Crippen LogP contribution in [0.2, 0.25) is 0 Å². The Bertz CT molecular complexity index is 1190. The molecule has 0 bridgehead atoms. The molecule has 154 valence electrons. The van der Waals surface area contributed by atoms with Crippen molar-refractivity contribution in [1.29, 1.82) is 0 Å². The summed E-state index contributed by atoms with van der Waals surface area (Å²) in [6.45, 7) is 0. The van der Waals surface area contributed by atoms with Gasteiger partial charge in [-0.1, -0.05) is 66.7 Å². The van der Waals surface area contributed by atoms with E-state index in [9.17, 15) is 18.8 Å². The fraction of sp³-hybridized carbons (Fsp3) is 0.0800. The molecular weight excluding hydrogens is 395 g/mol. The maximum Gasteiger partial charge on any atom is 0.247 e. The molecule has 1 aliphatic rings. The average molecular weight is 414 g/mol. The van der Waals surface area contributed by atoms with E-state index in [2.05, 4.69) is 10.6 Å². The highest BCUT2D eigenvalue weighted by Crippen LogP contribution is 2.21. The highest BCUT2D eigenvalue weighted by Gasteiger charge is 2.29. The summed E-state index contributed by atoms with van der Waals surface area (Å²) in [4.78, 5) is 38.4. The van der Waals surface area contributed by atoms with Gasteiger partial charge in [-0.25, -0.2) is 4.39 Å². The lowest BCUT2D eigenvalue weighted by molar-refractivity contribution is -0.118. The number of carbonyl (C=O) groups excluding carboxylic acids is 3. The fourth-order valence-electron chi connectivity index (χ4n) is 3.45. The highest BCUT2D eigenvalue weighted by atomic mass is 19.1. The molecule has 2 N–H and O–H groups in total. The van der Waals surface area contributed by atoms with E-state index in [0.29, 0.717) is 5.56 Å². The number of ketones is 2. The summed E-state index contributed by atoms with van der Waals surface area (Å²) in [6.07, 6.45) is 1.45. The minimum Gasteiger partial charge on any atom is -0.370 e. The van der Waals surface area contributed by atoms with Crippen LogP contribution in [-0.4, -0.2) is 23.5 Å². The van der Waals surface area contributed by atoms with Gasteiger partial charge in [0.2, 0.25) is 11.7 Å². The summed E-state index contributed by atoms with van der Waals surface area (Å²) in [7, 11) is 0. The molecule has 0 unspecified atom stereocenters. The maximum absolute atomic E-state index is 14.0. The number of Topliss-reactive ketones (excluding diaryl/α,β-unsaturated/α-hetero) is 1. The van der Waals surface area contributed by atoms with E-state index in [4.69, 9.17) is 0 Å². The Morgan fingerprint density at radius 2 is 1.48 bits per heavy atom. The van der Waals surface area contributed by atoms with Crippen LogP contribution in [-0.2, 0) is 11.2 Å². The molecule has 4 rings (SSSR count). The lowest BCUT2D eigenvalue weighted by atomic mass is 9.92. The Balaban J connectivity index is 1.62. The molecule has 0 saturated heterocycles. The molecule has 6 heteroatoms. The van der Waals surface area contributed by atoms with Gasteiger partial charge in [0.1, 0.15) is 11.9 Å². The molecule has 31 heavy (non-hydrogen) atoms. The number of benzene rings is 3. The zero-order valence-corrected chi connectivity index (χ0v) is 16.5. The van der Waals surface area contributed by atoms with Gasteiger partial charge in [-0.2, -0.15) is 0 Å². The number of hydrogen-bond acceptors (Lipinski definition) is 4. The van der Waals surface area contributed by atoms with E-state index in [1.807, 2.05) is 30.3 Å². The lowest BCUT2D eigenvalue weighted by Gasteiger charge is -2.23. The standard InChI is InChI=1S/C25H19FN2O3/c26-19-12-6-7-13-20(19)28-25(31)22(14-16-8-2-1-3-9-16)27-21-15-23(29)17-10-4-5-11-18(17)24(21)30/h1-13,15,22,27H,14H2,(H,28,31)/t22-/m1/s1. The minimum absolute atomic E-state index is 0.0355. The molecular formula is C25H19FN2O3. The van der Waals surface area contributed by atoms with E-state index in [0.717, 1.165) is 5.56 Å². The smallest absolute Gasteiger partial charge is 0.247 e. The summed E-state index contributed by atoms with van der Waals surface area (Å²) in [6, 6.07) is 20.7. The third kappa shape index (κ3) is 4.43. The van der Waals surface area contributed by atoms with Gasteiger partial charge in [-0.3, -0.25) is 14.4 Å². The van der Waals surface area contributed by atoms with Crippen molar-refractivity contribution < 1.29 is 18.8 Å². The number of allylic oxidation sites excluding steroid dienone is 2. The van der Waals surface area contributed by atoms with E-state index < -0.39 is 17.8 Å². The largest absolute Gasteiger partial charge is 0.370 e. The number of halogens is 1. The Morgan fingerprint density at radius 1 is 0.839 bits per heavy atom. The predicted molar refractivity (Wildman–Crippen MR) is 115 cm³/mol. The van der Waals surface area contributed by atoms with Gasteiger partial charge < -0.3 is 10.6 Å². The van der Waals surface area contributed by atoms with Crippen molar-refractivity contribution >= 4 is 23.2 Å². The summed E-state index contributed by atoms with van der Waals surface area (Å²) >= 11 is 0. The molecule has 0 aromatic heterocycles. The number of rotatable bonds is 6. The number of hydrogen-bond donors (Lipinski definition) is 2. The number of fused-ring (bicyclic) bond motifs is 1. The molecule has 0 saturated carbocycles. The Hall–Kier alpha value is -4.06. The number of nitrogens with one attached hydrogen (secondary N) is 2. The van der Waals surface area contributed by atoms with Gasteiger partial charge >= 0.3 is 0 Å². The van der Waals surface area contributed by atoms with Gasteiger partial charge in [0.05, 0.1) is 11.4 Å². The summed E-state index contributed by atoms with van der Waals surface area (Å²) in [5.74, 6) is -1.77. The average Bonchev–Trinajstić information content (AvgIpc) is 2.79. The number of para-hydroxylation sites is 1. The zero-order chi connectivity index (χ0) is 21.8. The summed E-state index contributed by atoms with van der Waals surface area (Å²) in [5.41, 5.74) is 1.53. The first-order chi connectivity index (χ1) is 15.0. The molecule has 3 aromatic rings. The number of amides is 1. The van der Waals surface area contributed by atoms with Crippen LogP contribution >= 0.6 is 0 Å². The molecule has 0 spiro atoms. The SMILES string of the molecule is O=C1C=C(N[C@H](Cc2ccccc2)C(=O)Nc2ccccc2F)C(=O)c2ccccc21. The Kier molecular flexibility index (Phi) is 5.71. The van der Waals surface area contributed by atoms with Crippen molar-refractivity contribution in [3.63, 3.8) is 0 Å². The van der Waals surface area contributed by atoms with Crippen molar-refractivity contribution in [1.82, 2.24) is 5.32 Å². The van der Waals surface area contributed by atoms with Crippen LogP contribution in [0.5, 0.6) is 0 Å². The molecule has 0 aliphatic heterocycles. The van der Waals surface area contributed by atoms with Crippen LogP contribution in [0.3, 0.4) is 0 Å². The monoisotopic (exact) mass is 414 g/mol. The second-order valence-electron chi connectivity index (χ2n) is 7.15. The maximum atomic E-state index is 14.0. The van der Waals surface area contributed by atoms with Crippen LogP contribution in [0.25, 0.3) is 0 Å². The summed E-state index contributed by atoms with van der Waals surface area (Å²) < 4.78 is 14.0. The quantitative estimate of drug-likeness (QED) is 0.641. The molecule has 1 amide bonds. The molecule has 1 aliphatic carbocycles. The first-order valence-electron chi connectivity index (χ1n) is 9.78. The summed E-state index contributed by atoms with van der Waals surface area (Å²) in [5, 5.41) is 5.49. The van der Waals surface area contributed by atoms with Crippen LogP contribution in [0.4, 0.5) is 10.1 Å². The molecule has 0 fully saturated rings. The van der Waals surface area contributed by atoms with Crippen molar-refractivity contribution in [2.45, 2.75) is 12.5 Å². The van der Waals surface area contributed by atoms with Crippen molar-refractivity contribution in [2.24, 2.45) is 0 Å². The molecule has 0 heterocycles. The van der Waals surface area contributed by atoms with Crippen molar-refractivity contribution in [2.75, 3.05) is 5.32 Å². The van der Waals surface area contributed by atoms with Crippen LogP contribution in [0, 0.1) is 5.82 Å². The number of anilines is 1. The van der Waals surface area contributed by atoms with Gasteiger partial charge in [0.15, 0.2) is 5.78 Å². The minimum atomic E-state index is -0.907. The third-order valence-corrected chi connectivity index (χ3v) is 5.02. The van der Waals surface area contributed by atoms with E-state index in [-0.39, 0.29) is 34.9 Å². The van der Waals surface area contributed by atoms with Crippen molar-refractivity contribution in [3.8, 4) is 0 Å². The topological polar surface area (TPSA) is 75.3 Å².